The zero-order valence-corrected chi connectivity index (χ0v) is 16.9. The SMILES string of the molecule is CC(Oc1ccc(F)cc1)C(=O)N(Cc1ccccc1Cl)C1CCS(=O)(=O)C1. The molecule has 2 aromatic rings. The Bertz CT molecular complexity index is 949. The summed E-state index contributed by atoms with van der Waals surface area (Å²) in [5.74, 6) is -0.406. The molecular weight excluding hydrogens is 405 g/mol. The molecule has 1 fully saturated rings. The molecule has 1 aliphatic rings. The molecule has 1 heterocycles. The maximum absolute atomic E-state index is 13.1. The van der Waals surface area contributed by atoms with Crippen LogP contribution in [-0.2, 0) is 21.2 Å². The quantitative estimate of drug-likeness (QED) is 0.711. The van der Waals surface area contributed by atoms with E-state index in [0.29, 0.717) is 17.2 Å². The minimum Gasteiger partial charge on any atom is -0.481 e. The van der Waals surface area contributed by atoms with Crippen molar-refractivity contribution in [2.24, 2.45) is 0 Å². The fraction of sp³-hybridized carbons (Fsp3) is 0.350. The van der Waals surface area contributed by atoms with Gasteiger partial charge in [-0.2, -0.15) is 0 Å². The number of carbonyl (C=O) groups is 1. The zero-order chi connectivity index (χ0) is 20.3. The molecule has 3 rings (SSSR count). The number of halogens is 2. The third kappa shape index (κ3) is 5.02. The van der Waals surface area contributed by atoms with Gasteiger partial charge >= 0.3 is 0 Å². The van der Waals surface area contributed by atoms with Gasteiger partial charge < -0.3 is 9.64 Å². The van der Waals surface area contributed by atoms with Crippen molar-refractivity contribution in [2.45, 2.75) is 32.0 Å². The van der Waals surface area contributed by atoms with E-state index >= 15 is 0 Å². The maximum Gasteiger partial charge on any atom is 0.263 e. The summed E-state index contributed by atoms with van der Waals surface area (Å²) in [5, 5.41) is 0.508. The number of sulfone groups is 1. The van der Waals surface area contributed by atoms with E-state index in [1.807, 2.05) is 6.07 Å². The summed E-state index contributed by atoms with van der Waals surface area (Å²) in [7, 11) is -3.18. The first-order valence-electron chi connectivity index (χ1n) is 8.92. The topological polar surface area (TPSA) is 63.7 Å². The van der Waals surface area contributed by atoms with Gasteiger partial charge in [0.1, 0.15) is 11.6 Å². The molecule has 150 valence electrons. The molecular formula is C20H21ClFNO4S. The van der Waals surface area contributed by atoms with Crippen LogP contribution in [0.25, 0.3) is 0 Å². The minimum atomic E-state index is -3.18. The van der Waals surface area contributed by atoms with Gasteiger partial charge in [0, 0.05) is 17.6 Å². The number of benzene rings is 2. The Balaban J connectivity index is 1.81. The highest BCUT2D eigenvalue weighted by Gasteiger charge is 2.36. The van der Waals surface area contributed by atoms with Gasteiger partial charge in [-0.1, -0.05) is 29.8 Å². The van der Waals surface area contributed by atoms with Crippen molar-refractivity contribution in [3.8, 4) is 5.75 Å². The maximum atomic E-state index is 13.1. The van der Waals surface area contributed by atoms with E-state index in [-0.39, 0.29) is 24.0 Å². The summed E-state index contributed by atoms with van der Waals surface area (Å²) >= 11 is 6.24. The zero-order valence-electron chi connectivity index (χ0n) is 15.3. The van der Waals surface area contributed by atoms with Crippen molar-refractivity contribution in [3.63, 3.8) is 0 Å². The van der Waals surface area contributed by atoms with Gasteiger partial charge in [-0.3, -0.25) is 4.79 Å². The van der Waals surface area contributed by atoms with Crippen LogP contribution in [0.1, 0.15) is 18.9 Å². The van der Waals surface area contributed by atoms with Gasteiger partial charge in [-0.25, -0.2) is 12.8 Å². The number of hydrogen-bond acceptors (Lipinski definition) is 4. The van der Waals surface area contributed by atoms with Crippen molar-refractivity contribution in [1.29, 1.82) is 0 Å². The van der Waals surface area contributed by atoms with Crippen molar-refractivity contribution >= 4 is 27.3 Å². The van der Waals surface area contributed by atoms with E-state index in [1.54, 1.807) is 25.1 Å². The molecule has 28 heavy (non-hydrogen) atoms. The highest BCUT2D eigenvalue weighted by atomic mass is 35.5. The van der Waals surface area contributed by atoms with E-state index in [0.717, 1.165) is 5.56 Å². The Morgan fingerprint density at radius 1 is 1.25 bits per heavy atom. The smallest absolute Gasteiger partial charge is 0.263 e. The van der Waals surface area contributed by atoms with E-state index in [4.69, 9.17) is 16.3 Å². The third-order valence-corrected chi connectivity index (χ3v) is 6.82. The number of rotatable bonds is 6. The number of ether oxygens (including phenoxy) is 1. The van der Waals surface area contributed by atoms with E-state index in [1.165, 1.54) is 29.2 Å². The molecule has 0 radical (unpaired) electrons. The Morgan fingerprint density at radius 2 is 1.93 bits per heavy atom. The first kappa shape index (κ1) is 20.6. The number of carbonyl (C=O) groups excluding carboxylic acids is 1. The standard InChI is InChI=1S/C20H21ClFNO4S/c1-14(27-18-8-6-16(22)7-9-18)20(24)23(17-10-11-28(25,26)13-17)12-15-4-2-3-5-19(15)21/h2-9,14,17H,10-13H2,1H3. The summed E-state index contributed by atoms with van der Waals surface area (Å²) < 4.78 is 42.6. The van der Waals surface area contributed by atoms with Crippen molar-refractivity contribution in [2.75, 3.05) is 11.5 Å². The highest BCUT2D eigenvalue weighted by Crippen LogP contribution is 2.25. The van der Waals surface area contributed by atoms with Crippen LogP contribution in [-0.4, -0.2) is 42.9 Å². The molecule has 2 aromatic carbocycles. The van der Waals surface area contributed by atoms with Crippen LogP contribution in [0, 0.1) is 5.82 Å². The lowest BCUT2D eigenvalue weighted by Crippen LogP contribution is -2.46. The molecule has 1 amide bonds. The van der Waals surface area contributed by atoms with Gasteiger partial charge in [0.05, 0.1) is 11.5 Å². The fourth-order valence-electron chi connectivity index (χ4n) is 3.22. The average molecular weight is 426 g/mol. The van der Waals surface area contributed by atoms with E-state index in [9.17, 15) is 17.6 Å². The van der Waals surface area contributed by atoms with Crippen LogP contribution >= 0.6 is 11.6 Å². The number of nitrogens with zero attached hydrogens (tertiary/aromatic N) is 1. The second-order valence-electron chi connectivity index (χ2n) is 6.83. The molecule has 2 unspecified atom stereocenters. The molecule has 1 aliphatic heterocycles. The molecule has 0 aromatic heterocycles. The molecule has 0 aliphatic carbocycles. The molecule has 0 spiro atoms. The summed E-state index contributed by atoms with van der Waals surface area (Å²) in [6.07, 6.45) is -0.488. The first-order valence-corrected chi connectivity index (χ1v) is 11.1. The molecule has 0 saturated carbocycles. The van der Waals surface area contributed by atoms with E-state index < -0.39 is 27.8 Å². The summed E-state index contributed by atoms with van der Waals surface area (Å²) in [5.41, 5.74) is 0.732. The molecule has 5 nitrogen and oxygen atoms in total. The predicted octanol–water partition coefficient (Wildman–Crippen LogP) is 3.46. The largest absolute Gasteiger partial charge is 0.481 e. The molecule has 1 saturated heterocycles. The fourth-order valence-corrected chi connectivity index (χ4v) is 5.15. The van der Waals surface area contributed by atoms with Crippen molar-refractivity contribution in [1.82, 2.24) is 4.90 Å². The van der Waals surface area contributed by atoms with Crippen LogP contribution in [0.15, 0.2) is 48.5 Å². The van der Waals surface area contributed by atoms with Crippen LogP contribution in [0.3, 0.4) is 0 Å². The van der Waals surface area contributed by atoms with E-state index in [2.05, 4.69) is 0 Å². The van der Waals surface area contributed by atoms with Gasteiger partial charge in [0.25, 0.3) is 5.91 Å². The number of hydrogen-bond donors (Lipinski definition) is 0. The Hall–Kier alpha value is -2.12. The van der Waals surface area contributed by atoms with Crippen molar-refractivity contribution < 1.29 is 22.3 Å². The van der Waals surface area contributed by atoms with Crippen LogP contribution in [0.4, 0.5) is 4.39 Å². The van der Waals surface area contributed by atoms with Crippen molar-refractivity contribution in [3.05, 3.63) is 64.9 Å². The second kappa shape index (κ2) is 8.49. The summed E-state index contributed by atoms with van der Waals surface area (Å²) in [4.78, 5) is 14.6. The predicted molar refractivity (Wildman–Crippen MR) is 106 cm³/mol. The summed E-state index contributed by atoms with van der Waals surface area (Å²) in [6, 6.07) is 12.1. The van der Waals surface area contributed by atoms with Crippen LogP contribution < -0.4 is 4.74 Å². The number of amides is 1. The average Bonchev–Trinajstić information content (AvgIpc) is 3.02. The lowest BCUT2D eigenvalue weighted by molar-refractivity contribution is -0.140. The van der Waals surface area contributed by atoms with Gasteiger partial charge in [-0.15, -0.1) is 0 Å². The monoisotopic (exact) mass is 425 g/mol. The molecule has 2 atom stereocenters. The lowest BCUT2D eigenvalue weighted by atomic mass is 10.1. The molecule has 8 heteroatoms. The second-order valence-corrected chi connectivity index (χ2v) is 9.46. The Labute approximate surface area is 169 Å². The molecule has 0 bridgehead atoms. The normalized spacial score (nSPS) is 19.2. The first-order chi connectivity index (χ1) is 13.2. The lowest BCUT2D eigenvalue weighted by Gasteiger charge is -2.31. The van der Waals surface area contributed by atoms with Gasteiger partial charge in [0.15, 0.2) is 15.9 Å². The minimum absolute atomic E-state index is 0.0527. The highest BCUT2D eigenvalue weighted by molar-refractivity contribution is 7.91. The Morgan fingerprint density at radius 3 is 2.54 bits per heavy atom. The summed E-state index contributed by atoms with van der Waals surface area (Å²) in [6.45, 7) is 1.78. The van der Waals surface area contributed by atoms with Crippen LogP contribution in [0.5, 0.6) is 5.75 Å². The van der Waals surface area contributed by atoms with Gasteiger partial charge in [-0.05, 0) is 49.2 Å². The Kier molecular flexibility index (Phi) is 6.25. The molecule has 0 N–H and O–H groups in total. The van der Waals surface area contributed by atoms with Gasteiger partial charge in [0.2, 0.25) is 0 Å². The third-order valence-electron chi connectivity index (χ3n) is 4.71. The van der Waals surface area contributed by atoms with Crippen LogP contribution in [0.2, 0.25) is 5.02 Å².